The molecule has 0 aliphatic rings. The van der Waals surface area contributed by atoms with Crippen LogP contribution in [0.2, 0.25) is 0 Å². The van der Waals surface area contributed by atoms with Crippen molar-refractivity contribution in [2.75, 3.05) is 12.4 Å². The monoisotopic (exact) mass is 467 g/mol. The number of aryl methyl sites for hydroxylation is 2. The van der Waals surface area contributed by atoms with Crippen LogP contribution in [0, 0.1) is 13.8 Å². The number of aliphatic imine (C=N–C) groups is 1. The first-order valence-electron chi connectivity index (χ1n) is 11.2. The first-order chi connectivity index (χ1) is 16.7. The summed E-state index contributed by atoms with van der Waals surface area (Å²) in [6, 6.07) is 6.15. The van der Waals surface area contributed by atoms with Crippen LogP contribution >= 0.6 is 0 Å². The highest BCUT2D eigenvalue weighted by Gasteiger charge is 2.21. The molecule has 0 saturated heterocycles. The SMILES string of the molecule is C=CC(=O)Nc1c(C)ccc(-c2c(-c3cnn(C)c3)[nH]c3ncc(/C(C=NC)=C(\C)N)cc23)c1C. The van der Waals surface area contributed by atoms with Gasteiger partial charge in [0.1, 0.15) is 5.65 Å². The minimum absolute atomic E-state index is 0.254. The summed E-state index contributed by atoms with van der Waals surface area (Å²) in [5.74, 6) is -0.254. The molecule has 0 bridgehead atoms. The van der Waals surface area contributed by atoms with Crippen LogP contribution in [-0.4, -0.2) is 38.9 Å². The second kappa shape index (κ2) is 9.42. The number of hydrogen-bond donors (Lipinski definition) is 3. The number of H-pyrrole nitrogens is 1. The van der Waals surface area contributed by atoms with Crippen LogP contribution in [0.15, 0.2) is 60.1 Å². The van der Waals surface area contributed by atoms with Crippen molar-refractivity contribution in [1.82, 2.24) is 19.7 Å². The predicted octanol–water partition coefficient (Wildman–Crippen LogP) is 4.76. The van der Waals surface area contributed by atoms with E-state index in [2.05, 4.69) is 39.1 Å². The lowest BCUT2D eigenvalue weighted by Gasteiger charge is -2.16. The van der Waals surface area contributed by atoms with Gasteiger partial charge in [-0.3, -0.25) is 14.5 Å². The maximum atomic E-state index is 12.1. The molecule has 0 fully saturated rings. The van der Waals surface area contributed by atoms with E-state index >= 15 is 0 Å². The lowest BCUT2D eigenvalue weighted by molar-refractivity contribution is -0.111. The van der Waals surface area contributed by atoms with Gasteiger partial charge in [0.25, 0.3) is 0 Å². The zero-order valence-electron chi connectivity index (χ0n) is 20.6. The number of carbonyl (C=O) groups is 1. The molecule has 178 valence electrons. The fraction of sp³-hybridized carbons (Fsp3) is 0.185. The van der Waals surface area contributed by atoms with Crippen molar-refractivity contribution >= 4 is 34.4 Å². The van der Waals surface area contributed by atoms with Gasteiger partial charge >= 0.3 is 0 Å². The standard InChI is InChI=1S/C27H29N7O/c1-7-23(35)32-25-15(2)8-9-20(16(25)3)24-21-10-18(22(13-29-5)17(4)28)11-30-27(21)33-26(24)19-12-31-34(6)14-19/h7-14H,1,28H2,2-6H3,(H,30,33)(H,32,35)/b22-17+,29-13?. The van der Waals surface area contributed by atoms with Gasteiger partial charge in [-0.25, -0.2) is 4.98 Å². The molecule has 0 radical (unpaired) electrons. The van der Waals surface area contributed by atoms with Gasteiger partial charge in [0, 0.05) is 71.7 Å². The first-order valence-corrected chi connectivity index (χ1v) is 11.2. The normalized spacial score (nSPS) is 12.3. The molecule has 0 unspecified atom stereocenters. The Kier molecular flexibility index (Phi) is 6.38. The lowest BCUT2D eigenvalue weighted by Crippen LogP contribution is -2.10. The number of pyridine rings is 1. The van der Waals surface area contributed by atoms with Gasteiger partial charge in [-0.15, -0.1) is 0 Å². The van der Waals surface area contributed by atoms with Gasteiger partial charge in [0.05, 0.1) is 11.9 Å². The molecule has 0 saturated carbocycles. The Morgan fingerprint density at radius 2 is 2.06 bits per heavy atom. The Balaban J connectivity index is 2.06. The number of fused-ring (bicyclic) bond motifs is 1. The summed E-state index contributed by atoms with van der Waals surface area (Å²) in [7, 11) is 3.60. The molecular formula is C27H29N7O. The van der Waals surface area contributed by atoms with Crippen LogP contribution in [0.3, 0.4) is 0 Å². The zero-order valence-corrected chi connectivity index (χ0v) is 20.6. The van der Waals surface area contributed by atoms with Crippen molar-refractivity contribution in [3.63, 3.8) is 0 Å². The number of nitrogens with two attached hydrogens (primary N) is 1. The third-order valence-electron chi connectivity index (χ3n) is 6.01. The van der Waals surface area contributed by atoms with Crippen molar-refractivity contribution in [1.29, 1.82) is 0 Å². The fourth-order valence-corrected chi connectivity index (χ4v) is 4.28. The van der Waals surface area contributed by atoms with Crippen LogP contribution in [0.4, 0.5) is 5.69 Å². The Bertz CT molecular complexity index is 1510. The number of aromatic amines is 1. The van der Waals surface area contributed by atoms with E-state index in [1.54, 1.807) is 24.1 Å². The van der Waals surface area contributed by atoms with E-state index in [1.807, 2.05) is 46.3 Å². The van der Waals surface area contributed by atoms with Gasteiger partial charge in [-0.1, -0.05) is 18.7 Å². The highest BCUT2D eigenvalue weighted by molar-refractivity contribution is 6.13. The molecule has 4 N–H and O–H groups in total. The molecule has 1 aromatic carbocycles. The van der Waals surface area contributed by atoms with E-state index in [0.29, 0.717) is 5.70 Å². The van der Waals surface area contributed by atoms with Gasteiger partial charge < -0.3 is 16.0 Å². The molecule has 8 heteroatoms. The second-order valence-electron chi connectivity index (χ2n) is 8.51. The third kappa shape index (κ3) is 4.38. The minimum Gasteiger partial charge on any atom is -0.402 e. The van der Waals surface area contributed by atoms with Crippen LogP contribution < -0.4 is 11.1 Å². The van der Waals surface area contributed by atoms with Crippen molar-refractivity contribution in [2.24, 2.45) is 17.8 Å². The fourth-order valence-electron chi connectivity index (χ4n) is 4.28. The molecule has 1 amide bonds. The van der Waals surface area contributed by atoms with E-state index in [-0.39, 0.29) is 5.91 Å². The van der Waals surface area contributed by atoms with E-state index in [9.17, 15) is 4.79 Å². The summed E-state index contributed by atoms with van der Waals surface area (Å²) >= 11 is 0. The molecule has 8 nitrogen and oxygen atoms in total. The maximum absolute atomic E-state index is 12.1. The summed E-state index contributed by atoms with van der Waals surface area (Å²) in [6.45, 7) is 9.40. The molecule has 3 heterocycles. The van der Waals surface area contributed by atoms with Crippen LogP contribution in [0.5, 0.6) is 0 Å². The minimum atomic E-state index is -0.254. The summed E-state index contributed by atoms with van der Waals surface area (Å²) in [5, 5.41) is 8.25. The molecule has 0 spiro atoms. The van der Waals surface area contributed by atoms with Gasteiger partial charge in [-0.05, 0) is 49.6 Å². The largest absolute Gasteiger partial charge is 0.402 e. The number of rotatable bonds is 6. The van der Waals surface area contributed by atoms with Gasteiger partial charge in [0.2, 0.25) is 5.91 Å². The molecule has 0 atom stereocenters. The topological polar surface area (TPSA) is 114 Å². The molecule has 4 rings (SSSR count). The molecule has 35 heavy (non-hydrogen) atoms. The highest BCUT2D eigenvalue weighted by Crippen LogP contribution is 2.42. The van der Waals surface area contributed by atoms with Crippen molar-refractivity contribution < 1.29 is 4.79 Å². The van der Waals surface area contributed by atoms with E-state index < -0.39 is 0 Å². The number of nitrogens with one attached hydrogen (secondary N) is 2. The third-order valence-corrected chi connectivity index (χ3v) is 6.01. The van der Waals surface area contributed by atoms with Crippen molar-refractivity contribution in [3.8, 4) is 22.4 Å². The zero-order chi connectivity index (χ0) is 25.3. The summed E-state index contributed by atoms with van der Waals surface area (Å²) < 4.78 is 1.76. The number of benzene rings is 1. The van der Waals surface area contributed by atoms with Gasteiger partial charge in [0.15, 0.2) is 0 Å². The number of hydrogen-bond acceptors (Lipinski definition) is 5. The van der Waals surface area contributed by atoms with E-state index in [1.165, 1.54) is 6.08 Å². The van der Waals surface area contributed by atoms with Crippen LogP contribution in [0.1, 0.15) is 23.6 Å². The second-order valence-corrected chi connectivity index (χ2v) is 8.51. The maximum Gasteiger partial charge on any atom is 0.247 e. The molecule has 0 aliphatic carbocycles. The summed E-state index contributed by atoms with van der Waals surface area (Å²) in [4.78, 5) is 24.5. The first kappa shape index (κ1) is 23.7. The lowest BCUT2D eigenvalue weighted by atomic mass is 9.92. The molecule has 0 aliphatic heterocycles. The molecule has 4 aromatic rings. The number of carbonyl (C=O) groups excluding carboxylic acids is 1. The quantitative estimate of drug-likeness (QED) is 0.280. The predicted molar refractivity (Wildman–Crippen MR) is 143 cm³/mol. The smallest absolute Gasteiger partial charge is 0.247 e. The molecule has 3 aromatic heterocycles. The van der Waals surface area contributed by atoms with Crippen LogP contribution in [0.25, 0.3) is 39.0 Å². The Hall–Kier alpha value is -4.46. The van der Waals surface area contributed by atoms with E-state index in [4.69, 9.17) is 10.7 Å². The summed E-state index contributed by atoms with van der Waals surface area (Å²) in [5.41, 5.74) is 15.7. The molecular weight excluding hydrogens is 438 g/mol. The number of allylic oxidation sites excluding steroid dienone is 2. The van der Waals surface area contributed by atoms with Crippen LogP contribution in [-0.2, 0) is 11.8 Å². The van der Waals surface area contributed by atoms with Crippen molar-refractivity contribution in [3.05, 3.63) is 71.8 Å². The number of aromatic nitrogens is 4. The number of nitrogens with zero attached hydrogens (tertiary/aromatic N) is 4. The highest BCUT2D eigenvalue weighted by atomic mass is 16.1. The Labute approximate surface area is 204 Å². The van der Waals surface area contributed by atoms with Gasteiger partial charge in [-0.2, -0.15) is 5.10 Å². The summed E-state index contributed by atoms with van der Waals surface area (Å²) in [6.07, 6.45) is 8.58. The Morgan fingerprint density at radius 1 is 1.29 bits per heavy atom. The van der Waals surface area contributed by atoms with E-state index in [0.717, 1.165) is 61.4 Å². The number of amides is 1. The average Bonchev–Trinajstić information content (AvgIpc) is 3.43. The average molecular weight is 468 g/mol. The van der Waals surface area contributed by atoms with Crippen molar-refractivity contribution in [2.45, 2.75) is 20.8 Å². The Morgan fingerprint density at radius 3 is 2.69 bits per heavy atom. The number of anilines is 1.